The van der Waals surface area contributed by atoms with Crippen molar-refractivity contribution in [2.24, 2.45) is 0 Å². The topological polar surface area (TPSA) is 70.7 Å². The van der Waals surface area contributed by atoms with Crippen LogP contribution < -0.4 is 10.6 Å². The number of hydrogen-bond acceptors (Lipinski definition) is 3. The molecule has 0 aliphatic carbocycles. The van der Waals surface area contributed by atoms with Crippen LogP contribution in [0.4, 0.5) is 10.5 Å². The van der Waals surface area contributed by atoms with Crippen LogP contribution in [0.15, 0.2) is 54.6 Å². The van der Waals surface area contributed by atoms with E-state index in [1.165, 1.54) is 0 Å². The molecule has 30 heavy (non-hydrogen) atoms. The largest absolute Gasteiger partial charge is 0.376 e. The highest BCUT2D eigenvalue weighted by atomic mass is 16.5. The molecule has 0 aromatic heterocycles. The van der Waals surface area contributed by atoms with Crippen molar-refractivity contribution in [1.29, 1.82) is 0 Å². The van der Waals surface area contributed by atoms with E-state index in [2.05, 4.69) is 16.6 Å². The van der Waals surface area contributed by atoms with E-state index in [0.29, 0.717) is 17.8 Å². The Morgan fingerprint density at radius 3 is 2.73 bits per heavy atom. The predicted octanol–water partition coefficient (Wildman–Crippen LogP) is 3.82. The summed E-state index contributed by atoms with van der Waals surface area (Å²) in [4.78, 5) is 26.7. The second kappa shape index (κ2) is 10.5. The Morgan fingerprint density at radius 1 is 1.23 bits per heavy atom. The molecule has 6 nitrogen and oxygen atoms in total. The first-order valence-corrected chi connectivity index (χ1v) is 10.1. The van der Waals surface area contributed by atoms with Crippen molar-refractivity contribution in [1.82, 2.24) is 10.2 Å². The van der Waals surface area contributed by atoms with Crippen LogP contribution in [0.25, 0.3) is 0 Å². The van der Waals surface area contributed by atoms with Gasteiger partial charge in [0.1, 0.15) is 0 Å². The van der Waals surface area contributed by atoms with Gasteiger partial charge >= 0.3 is 6.03 Å². The summed E-state index contributed by atoms with van der Waals surface area (Å²) in [5.41, 5.74) is 2.14. The Morgan fingerprint density at radius 2 is 2.03 bits per heavy atom. The fourth-order valence-electron chi connectivity index (χ4n) is 3.40. The van der Waals surface area contributed by atoms with Gasteiger partial charge in [-0.3, -0.25) is 4.79 Å². The van der Waals surface area contributed by atoms with Gasteiger partial charge in [-0.25, -0.2) is 4.79 Å². The SMILES string of the molecule is C#CCN(C[C@H]1CCCO1)C(=O)N[C@@H](C)c1cccc(NC(=O)c2ccccc2)c1. The number of terminal acetylenes is 1. The molecule has 0 bridgehead atoms. The van der Waals surface area contributed by atoms with E-state index < -0.39 is 0 Å². The number of nitrogens with one attached hydrogen (secondary N) is 2. The molecule has 1 aliphatic heterocycles. The Bertz CT molecular complexity index is 901. The van der Waals surface area contributed by atoms with Gasteiger partial charge in [0.2, 0.25) is 0 Å². The molecule has 0 saturated carbocycles. The average Bonchev–Trinajstić information content (AvgIpc) is 3.27. The van der Waals surface area contributed by atoms with Crippen LogP contribution in [0.1, 0.15) is 41.7 Å². The van der Waals surface area contributed by atoms with Gasteiger partial charge in [0, 0.05) is 24.4 Å². The molecule has 1 saturated heterocycles. The molecule has 1 heterocycles. The molecule has 0 radical (unpaired) electrons. The highest BCUT2D eigenvalue weighted by molar-refractivity contribution is 6.04. The van der Waals surface area contributed by atoms with Crippen LogP contribution in [0.2, 0.25) is 0 Å². The summed E-state index contributed by atoms with van der Waals surface area (Å²) >= 11 is 0. The first kappa shape index (κ1) is 21.4. The van der Waals surface area contributed by atoms with E-state index in [-0.39, 0.29) is 30.6 Å². The Kier molecular flexibility index (Phi) is 7.47. The number of rotatable bonds is 7. The maximum Gasteiger partial charge on any atom is 0.318 e. The van der Waals surface area contributed by atoms with Gasteiger partial charge in [-0.05, 0) is 49.6 Å². The van der Waals surface area contributed by atoms with Gasteiger partial charge in [0.05, 0.1) is 18.7 Å². The summed E-state index contributed by atoms with van der Waals surface area (Å²) in [7, 11) is 0. The number of amides is 3. The van der Waals surface area contributed by atoms with Crippen molar-refractivity contribution in [2.45, 2.75) is 31.9 Å². The van der Waals surface area contributed by atoms with Gasteiger partial charge in [-0.2, -0.15) is 0 Å². The molecule has 2 aromatic rings. The lowest BCUT2D eigenvalue weighted by Gasteiger charge is -2.26. The second-order valence-electron chi connectivity index (χ2n) is 7.34. The van der Waals surface area contributed by atoms with Crippen molar-refractivity contribution in [3.05, 3.63) is 65.7 Å². The first-order chi connectivity index (χ1) is 14.6. The normalized spacial score (nSPS) is 16.3. The smallest absolute Gasteiger partial charge is 0.318 e. The average molecular weight is 405 g/mol. The van der Waals surface area contributed by atoms with Crippen LogP contribution in [-0.4, -0.2) is 42.6 Å². The Labute approximate surface area is 177 Å². The van der Waals surface area contributed by atoms with E-state index in [1.54, 1.807) is 17.0 Å². The zero-order chi connectivity index (χ0) is 21.3. The summed E-state index contributed by atoms with van der Waals surface area (Å²) < 4.78 is 5.63. The van der Waals surface area contributed by atoms with Crippen molar-refractivity contribution < 1.29 is 14.3 Å². The lowest BCUT2D eigenvalue weighted by Crippen LogP contribution is -2.44. The third-order valence-electron chi connectivity index (χ3n) is 5.04. The van der Waals surface area contributed by atoms with Crippen molar-refractivity contribution >= 4 is 17.6 Å². The van der Waals surface area contributed by atoms with Gasteiger partial charge in [0.15, 0.2) is 0 Å². The van der Waals surface area contributed by atoms with Crippen LogP contribution in [0.5, 0.6) is 0 Å². The van der Waals surface area contributed by atoms with E-state index in [0.717, 1.165) is 25.0 Å². The molecule has 3 rings (SSSR count). The highest BCUT2D eigenvalue weighted by Gasteiger charge is 2.23. The lowest BCUT2D eigenvalue weighted by atomic mass is 10.1. The Balaban J connectivity index is 1.62. The van der Waals surface area contributed by atoms with E-state index in [1.807, 2.05) is 49.4 Å². The summed E-state index contributed by atoms with van der Waals surface area (Å²) in [6.45, 7) is 3.34. The summed E-state index contributed by atoms with van der Waals surface area (Å²) in [5, 5.41) is 5.88. The van der Waals surface area contributed by atoms with Crippen molar-refractivity contribution in [3.63, 3.8) is 0 Å². The summed E-state index contributed by atoms with van der Waals surface area (Å²) in [6.07, 6.45) is 7.43. The molecular formula is C24H27N3O3. The molecule has 2 atom stereocenters. The fraction of sp³-hybridized carbons (Fsp3) is 0.333. The maximum atomic E-state index is 12.7. The molecule has 1 fully saturated rings. The van der Waals surface area contributed by atoms with Crippen LogP contribution in [-0.2, 0) is 4.74 Å². The van der Waals surface area contributed by atoms with Crippen LogP contribution in [0.3, 0.4) is 0 Å². The van der Waals surface area contributed by atoms with Crippen molar-refractivity contribution in [2.75, 3.05) is 25.0 Å². The number of nitrogens with zero attached hydrogens (tertiary/aromatic N) is 1. The fourth-order valence-corrected chi connectivity index (χ4v) is 3.40. The van der Waals surface area contributed by atoms with Gasteiger partial charge in [0.25, 0.3) is 5.91 Å². The standard InChI is InChI=1S/C24H27N3O3/c1-3-14-27(17-22-13-8-15-30-22)24(29)25-18(2)20-11-7-12-21(16-20)26-23(28)19-9-5-4-6-10-19/h1,4-7,9-12,16,18,22H,8,13-15,17H2,2H3,(H,25,29)(H,26,28)/t18-,22+/m0/s1. The zero-order valence-electron chi connectivity index (χ0n) is 17.1. The summed E-state index contributed by atoms with van der Waals surface area (Å²) in [6, 6.07) is 16.0. The van der Waals surface area contributed by atoms with Gasteiger partial charge in [-0.1, -0.05) is 36.3 Å². The number of benzene rings is 2. The van der Waals surface area contributed by atoms with Gasteiger partial charge < -0.3 is 20.3 Å². The van der Waals surface area contributed by atoms with E-state index in [9.17, 15) is 9.59 Å². The second-order valence-corrected chi connectivity index (χ2v) is 7.34. The maximum absolute atomic E-state index is 12.7. The molecule has 1 aliphatic rings. The quantitative estimate of drug-likeness (QED) is 0.688. The molecule has 3 amide bonds. The number of carbonyl (C=O) groups is 2. The zero-order valence-corrected chi connectivity index (χ0v) is 17.1. The third-order valence-corrected chi connectivity index (χ3v) is 5.04. The van der Waals surface area contributed by atoms with Gasteiger partial charge in [-0.15, -0.1) is 6.42 Å². The predicted molar refractivity (Wildman–Crippen MR) is 117 cm³/mol. The molecule has 6 heteroatoms. The Hall–Kier alpha value is -3.30. The number of urea groups is 1. The number of ether oxygens (including phenoxy) is 1. The minimum Gasteiger partial charge on any atom is -0.376 e. The first-order valence-electron chi connectivity index (χ1n) is 10.1. The minimum atomic E-state index is -0.254. The summed E-state index contributed by atoms with van der Waals surface area (Å²) in [5.74, 6) is 2.36. The number of carbonyl (C=O) groups excluding carboxylic acids is 2. The lowest BCUT2D eigenvalue weighted by molar-refractivity contribution is 0.0842. The molecule has 156 valence electrons. The van der Waals surface area contributed by atoms with E-state index >= 15 is 0 Å². The van der Waals surface area contributed by atoms with Crippen LogP contribution in [0, 0.1) is 12.3 Å². The third kappa shape index (κ3) is 5.85. The minimum absolute atomic E-state index is 0.0379. The molecule has 2 aromatic carbocycles. The van der Waals surface area contributed by atoms with E-state index in [4.69, 9.17) is 11.2 Å². The molecule has 0 spiro atoms. The molecule has 0 unspecified atom stereocenters. The monoisotopic (exact) mass is 405 g/mol. The number of anilines is 1. The molecule has 2 N–H and O–H groups in total. The number of hydrogen-bond donors (Lipinski definition) is 2. The highest BCUT2D eigenvalue weighted by Crippen LogP contribution is 2.19. The van der Waals surface area contributed by atoms with Crippen LogP contribution >= 0.6 is 0 Å². The molecular weight excluding hydrogens is 378 g/mol. The van der Waals surface area contributed by atoms with Crippen molar-refractivity contribution in [3.8, 4) is 12.3 Å².